The average molecular weight is 425 g/mol. The number of furan rings is 1. The Labute approximate surface area is 180 Å². The summed E-state index contributed by atoms with van der Waals surface area (Å²) in [5.74, 6) is -0.00296. The minimum absolute atomic E-state index is 0.146. The van der Waals surface area contributed by atoms with E-state index in [2.05, 4.69) is 10.6 Å². The molecular formula is C23H27N3O5. The summed E-state index contributed by atoms with van der Waals surface area (Å²) >= 11 is 0. The lowest BCUT2D eigenvalue weighted by Crippen LogP contribution is -2.39. The molecule has 3 N–H and O–H groups in total. The lowest BCUT2D eigenvalue weighted by Gasteiger charge is -2.35. The number of hydrogen-bond acceptors (Lipinski definition) is 5. The molecule has 0 fully saturated rings. The first kappa shape index (κ1) is 21.1. The van der Waals surface area contributed by atoms with E-state index in [1.54, 1.807) is 19.9 Å². The van der Waals surface area contributed by atoms with Gasteiger partial charge in [0.15, 0.2) is 0 Å². The van der Waals surface area contributed by atoms with Crippen LogP contribution in [-0.2, 0) is 27.2 Å². The summed E-state index contributed by atoms with van der Waals surface area (Å²) in [6, 6.07) is 5.47. The minimum atomic E-state index is -0.778. The average Bonchev–Trinajstić information content (AvgIpc) is 3.08. The van der Waals surface area contributed by atoms with Crippen LogP contribution in [0.1, 0.15) is 53.6 Å². The number of aliphatic hydroxyl groups excluding tert-OH is 1. The molecule has 0 bridgehead atoms. The second kappa shape index (κ2) is 8.55. The summed E-state index contributed by atoms with van der Waals surface area (Å²) in [5.41, 5.74) is 4.29. The van der Waals surface area contributed by atoms with Crippen molar-refractivity contribution in [2.75, 3.05) is 23.3 Å². The highest BCUT2D eigenvalue weighted by Crippen LogP contribution is 2.37. The molecular weight excluding hydrogens is 398 g/mol. The summed E-state index contributed by atoms with van der Waals surface area (Å²) in [6.45, 7) is 4.47. The van der Waals surface area contributed by atoms with Crippen LogP contribution in [0.15, 0.2) is 22.6 Å². The minimum Gasteiger partial charge on any atom is -0.466 e. The number of nitrogens with zero attached hydrogens (tertiary/aromatic N) is 1. The quantitative estimate of drug-likeness (QED) is 0.637. The van der Waals surface area contributed by atoms with E-state index in [0.717, 1.165) is 36.2 Å². The molecule has 3 amide bonds. The zero-order chi connectivity index (χ0) is 22.1. The van der Waals surface area contributed by atoms with Gasteiger partial charge >= 0.3 is 11.8 Å². The van der Waals surface area contributed by atoms with Crippen molar-refractivity contribution in [3.63, 3.8) is 0 Å². The van der Waals surface area contributed by atoms with Crippen LogP contribution in [0.4, 0.5) is 11.4 Å². The molecule has 2 aromatic rings. The van der Waals surface area contributed by atoms with Crippen molar-refractivity contribution < 1.29 is 23.9 Å². The summed E-state index contributed by atoms with van der Waals surface area (Å²) in [5, 5.41) is 15.5. The smallest absolute Gasteiger partial charge is 0.313 e. The number of rotatable bonds is 5. The van der Waals surface area contributed by atoms with Crippen molar-refractivity contribution in [3.8, 4) is 0 Å². The van der Waals surface area contributed by atoms with Gasteiger partial charge in [-0.3, -0.25) is 14.4 Å². The van der Waals surface area contributed by atoms with E-state index < -0.39 is 17.9 Å². The molecule has 0 spiro atoms. The van der Waals surface area contributed by atoms with Crippen molar-refractivity contribution in [3.05, 3.63) is 46.4 Å². The van der Waals surface area contributed by atoms with Crippen LogP contribution < -0.4 is 15.5 Å². The van der Waals surface area contributed by atoms with Crippen LogP contribution in [0.25, 0.3) is 0 Å². The molecule has 0 saturated carbocycles. The van der Waals surface area contributed by atoms with Gasteiger partial charge in [0.25, 0.3) is 0 Å². The molecule has 8 heteroatoms. The van der Waals surface area contributed by atoms with Crippen LogP contribution in [0.5, 0.6) is 0 Å². The first-order valence-corrected chi connectivity index (χ1v) is 10.6. The SMILES string of the molecule is Cc1cc(C(O)CCNC(=O)C(=O)Nc2cc3c4c(c2)CCC(=O)N4CCC3)c(C)o1. The maximum Gasteiger partial charge on any atom is 0.313 e. The second-order valence-electron chi connectivity index (χ2n) is 8.18. The highest BCUT2D eigenvalue weighted by Gasteiger charge is 2.30. The van der Waals surface area contributed by atoms with E-state index in [0.29, 0.717) is 35.6 Å². The Kier molecular flexibility index (Phi) is 5.82. The van der Waals surface area contributed by atoms with Crippen LogP contribution >= 0.6 is 0 Å². The van der Waals surface area contributed by atoms with Crippen molar-refractivity contribution >= 4 is 29.1 Å². The summed E-state index contributed by atoms with van der Waals surface area (Å²) in [7, 11) is 0. The van der Waals surface area contributed by atoms with Gasteiger partial charge in [-0.05, 0) is 68.9 Å². The standard InChI is InChI=1S/C23H27N3O5/c1-13-10-18(14(2)31-13)19(27)7-8-24-22(29)23(30)25-17-11-15-4-3-9-26-20(28)6-5-16(12-17)21(15)26/h10-12,19,27H,3-9H2,1-2H3,(H,24,29)(H,25,30). The molecule has 164 valence electrons. The molecule has 0 saturated heterocycles. The van der Waals surface area contributed by atoms with Gasteiger partial charge in [0.1, 0.15) is 11.5 Å². The van der Waals surface area contributed by atoms with Gasteiger partial charge in [0.05, 0.1) is 11.8 Å². The topological polar surface area (TPSA) is 112 Å². The largest absolute Gasteiger partial charge is 0.466 e. The fraction of sp³-hybridized carbons (Fsp3) is 0.435. The molecule has 8 nitrogen and oxygen atoms in total. The molecule has 1 aromatic carbocycles. The predicted octanol–water partition coefficient (Wildman–Crippen LogP) is 2.30. The number of aryl methyl sites for hydroxylation is 4. The first-order valence-electron chi connectivity index (χ1n) is 10.6. The molecule has 3 heterocycles. The number of benzene rings is 1. The van der Waals surface area contributed by atoms with E-state index in [4.69, 9.17) is 4.42 Å². The normalized spacial score (nSPS) is 16.0. The lowest BCUT2D eigenvalue weighted by atomic mass is 9.91. The van der Waals surface area contributed by atoms with Gasteiger partial charge in [-0.1, -0.05) is 0 Å². The maximum atomic E-state index is 12.3. The van der Waals surface area contributed by atoms with E-state index in [9.17, 15) is 19.5 Å². The fourth-order valence-electron chi connectivity index (χ4n) is 4.45. The summed E-state index contributed by atoms with van der Waals surface area (Å²) < 4.78 is 5.41. The lowest BCUT2D eigenvalue weighted by molar-refractivity contribution is -0.136. The van der Waals surface area contributed by atoms with Gasteiger partial charge in [0, 0.05) is 30.8 Å². The molecule has 1 atom stereocenters. The molecule has 31 heavy (non-hydrogen) atoms. The monoisotopic (exact) mass is 425 g/mol. The Morgan fingerprint density at radius 2 is 1.87 bits per heavy atom. The predicted molar refractivity (Wildman–Crippen MR) is 115 cm³/mol. The maximum absolute atomic E-state index is 12.3. The van der Waals surface area contributed by atoms with Crippen molar-refractivity contribution in [1.29, 1.82) is 0 Å². The van der Waals surface area contributed by atoms with Crippen LogP contribution in [-0.4, -0.2) is 35.9 Å². The Balaban J connectivity index is 1.35. The van der Waals surface area contributed by atoms with Crippen LogP contribution in [0.3, 0.4) is 0 Å². The molecule has 1 aromatic heterocycles. The van der Waals surface area contributed by atoms with Gasteiger partial charge in [-0.15, -0.1) is 0 Å². The summed E-state index contributed by atoms with van der Waals surface area (Å²) in [4.78, 5) is 38.6. The number of amides is 3. The Morgan fingerprint density at radius 1 is 1.13 bits per heavy atom. The van der Waals surface area contributed by atoms with Crippen molar-refractivity contribution in [1.82, 2.24) is 5.32 Å². The van der Waals surface area contributed by atoms with Crippen LogP contribution in [0, 0.1) is 13.8 Å². The number of carbonyl (C=O) groups excluding carboxylic acids is 3. The van der Waals surface area contributed by atoms with Crippen molar-refractivity contribution in [2.45, 2.75) is 52.1 Å². The third-order valence-electron chi connectivity index (χ3n) is 5.88. The van der Waals surface area contributed by atoms with E-state index >= 15 is 0 Å². The van der Waals surface area contributed by atoms with E-state index in [1.807, 2.05) is 17.0 Å². The van der Waals surface area contributed by atoms with E-state index in [-0.39, 0.29) is 18.9 Å². The Morgan fingerprint density at radius 3 is 2.58 bits per heavy atom. The number of nitrogens with one attached hydrogen (secondary N) is 2. The molecule has 1 unspecified atom stereocenters. The Bertz CT molecular complexity index is 1020. The Hall–Kier alpha value is -3.13. The third-order valence-corrected chi connectivity index (χ3v) is 5.88. The molecule has 0 radical (unpaired) electrons. The first-order chi connectivity index (χ1) is 14.8. The second-order valence-corrected chi connectivity index (χ2v) is 8.18. The van der Waals surface area contributed by atoms with Gasteiger partial charge < -0.3 is 25.1 Å². The van der Waals surface area contributed by atoms with Crippen LogP contribution in [0.2, 0.25) is 0 Å². The van der Waals surface area contributed by atoms with Gasteiger partial charge in [-0.25, -0.2) is 0 Å². The number of carbonyl (C=O) groups is 3. The molecule has 2 aliphatic rings. The molecule has 2 aliphatic heterocycles. The zero-order valence-corrected chi connectivity index (χ0v) is 17.8. The molecule has 0 aliphatic carbocycles. The number of hydrogen-bond donors (Lipinski definition) is 3. The summed E-state index contributed by atoms with van der Waals surface area (Å²) in [6.07, 6.45) is 2.31. The fourth-order valence-corrected chi connectivity index (χ4v) is 4.45. The zero-order valence-electron chi connectivity index (χ0n) is 17.8. The molecule has 4 rings (SSSR count). The van der Waals surface area contributed by atoms with Gasteiger partial charge in [0.2, 0.25) is 5.91 Å². The third kappa shape index (κ3) is 4.34. The number of aliphatic hydroxyl groups is 1. The highest BCUT2D eigenvalue weighted by atomic mass is 16.3. The van der Waals surface area contributed by atoms with E-state index in [1.165, 1.54) is 0 Å². The van der Waals surface area contributed by atoms with Crippen molar-refractivity contribution in [2.24, 2.45) is 0 Å². The van der Waals surface area contributed by atoms with Gasteiger partial charge in [-0.2, -0.15) is 0 Å². The number of anilines is 2. The highest BCUT2D eigenvalue weighted by molar-refractivity contribution is 6.39.